The first-order valence-electron chi connectivity index (χ1n) is 6.46. The highest BCUT2D eigenvalue weighted by Crippen LogP contribution is 2.33. The molecule has 1 aliphatic heterocycles. The number of benzene rings is 1. The third-order valence-electron chi connectivity index (χ3n) is 3.69. The second-order valence-electron chi connectivity index (χ2n) is 5.17. The number of nitro groups is 1. The Bertz CT molecular complexity index is 661. The zero-order chi connectivity index (χ0) is 15.8. The largest absolute Gasteiger partial charge is 0.502 e. The van der Waals surface area contributed by atoms with Gasteiger partial charge in [-0.1, -0.05) is 0 Å². The van der Waals surface area contributed by atoms with Crippen molar-refractivity contribution >= 4 is 15.7 Å². The van der Waals surface area contributed by atoms with Crippen LogP contribution in [0.3, 0.4) is 0 Å². The summed E-state index contributed by atoms with van der Waals surface area (Å²) >= 11 is 0. The zero-order valence-corrected chi connectivity index (χ0v) is 12.3. The molecule has 21 heavy (non-hydrogen) atoms. The van der Waals surface area contributed by atoms with Gasteiger partial charge in [0.05, 0.1) is 9.82 Å². The number of nitrogens with zero attached hydrogens (tertiary/aromatic N) is 2. The van der Waals surface area contributed by atoms with E-state index in [1.54, 1.807) is 6.92 Å². The van der Waals surface area contributed by atoms with Crippen molar-refractivity contribution in [2.45, 2.75) is 24.3 Å². The minimum atomic E-state index is -3.84. The number of aromatic hydroxyl groups is 1. The van der Waals surface area contributed by atoms with Crippen LogP contribution in [0.4, 0.5) is 5.69 Å². The van der Waals surface area contributed by atoms with Gasteiger partial charge in [0.1, 0.15) is 0 Å². The van der Waals surface area contributed by atoms with Gasteiger partial charge in [0.15, 0.2) is 5.75 Å². The Morgan fingerprint density at radius 2 is 2.19 bits per heavy atom. The van der Waals surface area contributed by atoms with Crippen LogP contribution in [-0.2, 0) is 10.0 Å². The molecule has 0 radical (unpaired) electrons. The number of phenolic OH excluding ortho intramolecular Hbond substituents is 1. The Morgan fingerprint density at radius 1 is 1.52 bits per heavy atom. The van der Waals surface area contributed by atoms with Gasteiger partial charge in [-0.15, -0.1) is 0 Å². The normalized spacial score (nSPS) is 23.3. The maximum absolute atomic E-state index is 12.6. The van der Waals surface area contributed by atoms with E-state index < -0.39 is 26.4 Å². The fourth-order valence-electron chi connectivity index (χ4n) is 2.56. The lowest BCUT2D eigenvalue weighted by molar-refractivity contribution is -0.386. The monoisotopic (exact) mass is 315 g/mol. The first-order valence-corrected chi connectivity index (χ1v) is 7.90. The minimum Gasteiger partial charge on any atom is -0.502 e. The van der Waals surface area contributed by atoms with Crippen molar-refractivity contribution in [1.29, 1.82) is 0 Å². The predicted octanol–water partition coefficient (Wildman–Crippen LogP) is 0.658. The molecule has 2 atom stereocenters. The summed E-state index contributed by atoms with van der Waals surface area (Å²) in [7, 11) is -3.84. The van der Waals surface area contributed by atoms with E-state index in [-0.39, 0.29) is 16.9 Å². The van der Waals surface area contributed by atoms with E-state index in [2.05, 4.69) is 0 Å². The Hall–Kier alpha value is -1.71. The van der Waals surface area contributed by atoms with Crippen molar-refractivity contribution in [1.82, 2.24) is 4.31 Å². The van der Waals surface area contributed by atoms with E-state index in [1.807, 2.05) is 0 Å². The summed E-state index contributed by atoms with van der Waals surface area (Å²) in [4.78, 5) is 9.79. The molecule has 1 saturated heterocycles. The molecule has 0 spiro atoms. The number of hydrogen-bond acceptors (Lipinski definition) is 6. The first kappa shape index (κ1) is 15.7. The molecular formula is C12H17N3O5S. The van der Waals surface area contributed by atoms with Crippen molar-refractivity contribution in [3.63, 3.8) is 0 Å². The highest BCUT2D eigenvalue weighted by atomic mass is 32.2. The van der Waals surface area contributed by atoms with E-state index in [0.717, 1.165) is 12.1 Å². The van der Waals surface area contributed by atoms with Gasteiger partial charge in [-0.05, 0) is 37.9 Å². The molecule has 0 bridgehead atoms. The fraction of sp³-hybridized carbons (Fsp3) is 0.500. The second-order valence-corrected chi connectivity index (χ2v) is 7.06. The van der Waals surface area contributed by atoms with Crippen molar-refractivity contribution in [3.05, 3.63) is 28.3 Å². The molecule has 9 heteroatoms. The number of nitro benzene ring substituents is 1. The lowest BCUT2D eigenvalue weighted by atomic mass is 10.1. The van der Waals surface area contributed by atoms with E-state index in [0.29, 0.717) is 19.5 Å². The summed E-state index contributed by atoms with van der Waals surface area (Å²) in [6.07, 6.45) is 0.663. The molecule has 0 aliphatic carbocycles. The summed E-state index contributed by atoms with van der Waals surface area (Å²) in [5, 5.41) is 20.2. The number of phenols is 1. The van der Waals surface area contributed by atoms with Crippen LogP contribution in [0.15, 0.2) is 23.1 Å². The Kier molecular flexibility index (Phi) is 4.17. The van der Waals surface area contributed by atoms with Crippen LogP contribution in [0.5, 0.6) is 5.75 Å². The van der Waals surface area contributed by atoms with E-state index in [4.69, 9.17) is 5.73 Å². The average Bonchev–Trinajstić information content (AvgIpc) is 2.80. The van der Waals surface area contributed by atoms with Crippen LogP contribution >= 0.6 is 0 Å². The summed E-state index contributed by atoms with van der Waals surface area (Å²) in [5.41, 5.74) is 4.95. The summed E-state index contributed by atoms with van der Waals surface area (Å²) in [5.74, 6) is -0.477. The number of sulfonamides is 1. The Balaban J connectivity index is 2.41. The zero-order valence-electron chi connectivity index (χ0n) is 11.5. The van der Waals surface area contributed by atoms with Crippen LogP contribution in [-0.4, -0.2) is 41.9 Å². The van der Waals surface area contributed by atoms with Gasteiger partial charge in [0.2, 0.25) is 10.0 Å². The second kappa shape index (κ2) is 5.58. The molecular weight excluding hydrogens is 298 g/mol. The van der Waals surface area contributed by atoms with Gasteiger partial charge >= 0.3 is 5.69 Å². The van der Waals surface area contributed by atoms with Crippen LogP contribution in [0.1, 0.15) is 13.3 Å². The van der Waals surface area contributed by atoms with E-state index in [1.165, 1.54) is 10.4 Å². The number of nitrogens with two attached hydrogens (primary N) is 1. The summed E-state index contributed by atoms with van der Waals surface area (Å²) in [6, 6.07) is 2.86. The maximum Gasteiger partial charge on any atom is 0.312 e. The van der Waals surface area contributed by atoms with Crippen LogP contribution in [0.2, 0.25) is 0 Å². The van der Waals surface area contributed by atoms with Gasteiger partial charge in [-0.2, -0.15) is 4.31 Å². The predicted molar refractivity (Wildman–Crippen MR) is 75.3 cm³/mol. The van der Waals surface area contributed by atoms with Crippen molar-refractivity contribution in [2.24, 2.45) is 11.7 Å². The van der Waals surface area contributed by atoms with Gasteiger partial charge in [-0.25, -0.2) is 8.42 Å². The smallest absolute Gasteiger partial charge is 0.312 e. The molecule has 0 amide bonds. The fourth-order valence-corrected chi connectivity index (χ4v) is 4.30. The number of hydrogen-bond donors (Lipinski definition) is 2. The van der Waals surface area contributed by atoms with Crippen LogP contribution in [0, 0.1) is 16.0 Å². The molecule has 0 saturated carbocycles. The lowest BCUT2D eigenvalue weighted by Gasteiger charge is -2.21. The molecule has 3 N–H and O–H groups in total. The van der Waals surface area contributed by atoms with Crippen LogP contribution in [0.25, 0.3) is 0 Å². The lowest BCUT2D eigenvalue weighted by Crippen LogP contribution is -2.34. The maximum atomic E-state index is 12.6. The molecule has 2 unspecified atom stereocenters. The minimum absolute atomic E-state index is 0.0851. The third-order valence-corrected chi connectivity index (χ3v) is 5.66. The van der Waals surface area contributed by atoms with Gasteiger partial charge < -0.3 is 10.8 Å². The molecule has 1 aromatic rings. The van der Waals surface area contributed by atoms with E-state index >= 15 is 0 Å². The summed E-state index contributed by atoms with van der Waals surface area (Å²) < 4.78 is 26.5. The van der Waals surface area contributed by atoms with E-state index in [9.17, 15) is 23.6 Å². The summed E-state index contributed by atoms with van der Waals surface area (Å²) in [6.45, 7) is 2.47. The van der Waals surface area contributed by atoms with Gasteiger partial charge in [0.25, 0.3) is 0 Å². The quantitative estimate of drug-likeness (QED) is 0.620. The van der Waals surface area contributed by atoms with Crippen molar-refractivity contribution in [3.8, 4) is 5.75 Å². The van der Waals surface area contributed by atoms with Crippen LogP contribution < -0.4 is 5.73 Å². The molecule has 2 rings (SSSR count). The first-order chi connectivity index (χ1) is 9.77. The SMILES string of the molecule is CC1CC(CN)CN1S(=O)(=O)c1ccc(O)c([N+](=O)[O-])c1. The van der Waals surface area contributed by atoms with Gasteiger partial charge in [0, 0.05) is 18.7 Å². The van der Waals surface area contributed by atoms with Crippen molar-refractivity contribution < 1.29 is 18.4 Å². The Labute approximate surface area is 122 Å². The topological polar surface area (TPSA) is 127 Å². The molecule has 8 nitrogen and oxygen atoms in total. The Morgan fingerprint density at radius 3 is 2.71 bits per heavy atom. The molecule has 116 valence electrons. The standard InChI is InChI=1S/C12H17N3O5S/c1-8-4-9(6-13)7-14(8)21(19,20)10-2-3-12(16)11(5-10)15(17)18/h2-3,5,8-9,16H,4,6-7,13H2,1H3. The highest BCUT2D eigenvalue weighted by molar-refractivity contribution is 7.89. The number of rotatable bonds is 4. The molecule has 1 aliphatic rings. The highest BCUT2D eigenvalue weighted by Gasteiger charge is 2.38. The van der Waals surface area contributed by atoms with Gasteiger partial charge in [-0.3, -0.25) is 10.1 Å². The molecule has 1 heterocycles. The van der Waals surface area contributed by atoms with Crippen molar-refractivity contribution in [2.75, 3.05) is 13.1 Å². The molecule has 0 aromatic heterocycles. The molecule has 1 aromatic carbocycles. The third kappa shape index (κ3) is 2.85. The average molecular weight is 315 g/mol. The molecule has 1 fully saturated rings.